The summed E-state index contributed by atoms with van der Waals surface area (Å²) in [5.41, 5.74) is 6.65. The van der Waals surface area contributed by atoms with Gasteiger partial charge < -0.3 is 15.7 Å². The Morgan fingerprint density at radius 3 is 2.63 bits per heavy atom. The number of aliphatic hydroxyl groups is 1. The fourth-order valence-corrected chi connectivity index (χ4v) is 2.70. The van der Waals surface area contributed by atoms with Gasteiger partial charge in [0.05, 0.1) is 6.04 Å². The maximum Gasteiger partial charge on any atom is 0.223 e. The molecule has 1 aromatic rings. The van der Waals surface area contributed by atoms with E-state index >= 15 is 0 Å². The minimum absolute atomic E-state index is 0.0460. The monoisotopic (exact) mass is 282 g/mol. The molecule has 1 aliphatic rings. The molecule has 1 amide bonds. The molecule has 1 saturated heterocycles. The molecule has 1 heterocycles. The zero-order valence-corrected chi connectivity index (χ0v) is 11.5. The van der Waals surface area contributed by atoms with Crippen LogP contribution >= 0.6 is 11.6 Å². The van der Waals surface area contributed by atoms with E-state index in [4.69, 9.17) is 17.3 Å². The summed E-state index contributed by atoms with van der Waals surface area (Å²) in [6.45, 7) is 1.24. The van der Waals surface area contributed by atoms with Crippen molar-refractivity contribution < 1.29 is 9.90 Å². The lowest BCUT2D eigenvalue weighted by Crippen LogP contribution is -2.31. The van der Waals surface area contributed by atoms with Gasteiger partial charge in [0, 0.05) is 24.6 Å². The zero-order valence-electron chi connectivity index (χ0n) is 10.8. The van der Waals surface area contributed by atoms with Crippen LogP contribution in [0.5, 0.6) is 0 Å². The first kappa shape index (κ1) is 14.3. The minimum Gasteiger partial charge on any atom is -0.396 e. The highest BCUT2D eigenvalue weighted by molar-refractivity contribution is 6.30. The van der Waals surface area contributed by atoms with Gasteiger partial charge in [-0.2, -0.15) is 0 Å². The first-order valence-electron chi connectivity index (χ1n) is 6.51. The van der Waals surface area contributed by atoms with E-state index in [1.807, 2.05) is 29.2 Å². The normalized spacial score (nSPS) is 20.9. The largest absolute Gasteiger partial charge is 0.396 e. The topological polar surface area (TPSA) is 66.6 Å². The first-order valence-corrected chi connectivity index (χ1v) is 6.89. The Balaban J connectivity index is 2.20. The van der Waals surface area contributed by atoms with Crippen molar-refractivity contribution >= 4 is 17.5 Å². The molecule has 1 fully saturated rings. The molecule has 0 radical (unpaired) electrons. The van der Waals surface area contributed by atoms with Crippen LogP contribution in [0.15, 0.2) is 24.3 Å². The molecule has 0 spiro atoms. The number of aliphatic hydroxyl groups excluding tert-OH is 1. The van der Waals surface area contributed by atoms with E-state index in [0.717, 1.165) is 5.56 Å². The van der Waals surface area contributed by atoms with Crippen molar-refractivity contribution in [1.29, 1.82) is 0 Å². The fourth-order valence-electron chi connectivity index (χ4n) is 2.58. The third-order valence-electron chi connectivity index (χ3n) is 3.61. The molecule has 19 heavy (non-hydrogen) atoms. The van der Waals surface area contributed by atoms with E-state index in [1.165, 1.54) is 0 Å². The third-order valence-corrected chi connectivity index (χ3v) is 3.86. The first-order chi connectivity index (χ1) is 9.15. The van der Waals surface area contributed by atoms with Gasteiger partial charge in [0.1, 0.15) is 0 Å². The number of halogens is 1. The molecule has 1 aromatic carbocycles. The van der Waals surface area contributed by atoms with Crippen LogP contribution in [0.3, 0.4) is 0 Å². The standard InChI is InChI=1S/C14H19ClN2O2/c15-12-3-1-11(2-4-12)13(5-6-18)17-9-10(8-16)7-14(17)19/h1-4,10,13,18H,5-9,16H2. The van der Waals surface area contributed by atoms with Gasteiger partial charge in [0.25, 0.3) is 0 Å². The molecular weight excluding hydrogens is 264 g/mol. The summed E-state index contributed by atoms with van der Waals surface area (Å²) >= 11 is 5.88. The number of benzene rings is 1. The molecule has 1 aliphatic heterocycles. The van der Waals surface area contributed by atoms with Crippen LogP contribution in [0.4, 0.5) is 0 Å². The second kappa shape index (κ2) is 6.37. The fraction of sp³-hybridized carbons (Fsp3) is 0.500. The highest BCUT2D eigenvalue weighted by Crippen LogP contribution is 2.31. The Morgan fingerprint density at radius 2 is 2.11 bits per heavy atom. The van der Waals surface area contributed by atoms with Gasteiger partial charge in [-0.25, -0.2) is 0 Å². The molecule has 3 N–H and O–H groups in total. The number of nitrogens with zero attached hydrogens (tertiary/aromatic N) is 1. The predicted octanol–water partition coefficient (Wildman–Crippen LogP) is 1.57. The number of likely N-dealkylation sites (tertiary alicyclic amines) is 1. The summed E-state index contributed by atoms with van der Waals surface area (Å²) in [5.74, 6) is 0.338. The molecule has 2 atom stereocenters. The third kappa shape index (κ3) is 3.26. The number of amides is 1. The Bertz CT molecular complexity index is 436. The van der Waals surface area contributed by atoms with Gasteiger partial charge in [-0.3, -0.25) is 4.79 Å². The van der Waals surface area contributed by atoms with Crippen molar-refractivity contribution in [2.75, 3.05) is 19.7 Å². The summed E-state index contributed by atoms with van der Waals surface area (Å²) in [6.07, 6.45) is 1.04. The Kier molecular flexibility index (Phi) is 4.80. The molecule has 0 aliphatic carbocycles. The van der Waals surface area contributed by atoms with Crippen LogP contribution < -0.4 is 5.73 Å². The van der Waals surface area contributed by atoms with E-state index < -0.39 is 0 Å². The Morgan fingerprint density at radius 1 is 1.42 bits per heavy atom. The van der Waals surface area contributed by atoms with Crippen LogP contribution in [0.25, 0.3) is 0 Å². The molecule has 0 saturated carbocycles. The summed E-state index contributed by atoms with van der Waals surface area (Å²) in [7, 11) is 0. The second-order valence-corrected chi connectivity index (χ2v) is 5.37. The summed E-state index contributed by atoms with van der Waals surface area (Å²) in [6, 6.07) is 7.34. The van der Waals surface area contributed by atoms with Gasteiger partial charge in [-0.1, -0.05) is 23.7 Å². The predicted molar refractivity (Wildman–Crippen MR) is 74.8 cm³/mol. The van der Waals surface area contributed by atoms with Crippen LogP contribution in [0.1, 0.15) is 24.4 Å². The van der Waals surface area contributed by atoms with Crippen LogP contribution in [-0.4, -0.2) is 35.6 Å². The van der Waals surface area contributed by atoms with Crippen LogP contribution in [0, 0.1) is 5.92 Å². The number of hydrogen-bond donors (Lipinski definition) is 2. The van der Waals surface area contributed by atoms with Crippen molar-refractivity contribution in [3.8, 4) is 0 Å². The zero-order chi connectivity index (χ0) is 13.8. The second-order valence-electron chi connectivity index (χ2n) is 4.93. The SMILES string of the molecule is NCC1CC(=O)N(C(CCO)c2ccc(Cl)cc2)C1. The lowest BCUT2D eigenvalue weighted by molar-refractivity contribution is -0.130. The van der Waals surface area contributed by atoms with Gasteiger partial charge >= 0.3 is 0 Å². The number of rotatable bonds is 5. The number of carbonyl (C=O) groups excluding carboxylic acids is 1. The van der Waals surface area contributed by atoms with Crippen molar-refractivity contribution in [3.05, 3.63) is 34.9 Å². The minimum atomic E-state index is -0.0914. The van der Waals surface area contributed by atoms with E-state index in [1.54, 1.807) is 0 Å². The van der Waals surface area contributed by atoms with Crippen molar-refractivity contribution in [3.63, 3.8) is 0 Å². The quantitative estimate of drug-likeness (QED) is 0.861. The molecule has 104 valence electrons. The lowest BCUT2D eigenvalue weighted by Gasteiger charge is -2.28. The lowest BCUT2D eigenvalue weighted by atomic mass is 10.0. The summed E-state index contributed by atoms with van der Waals surface area (Å²) in [4.78, 5) is 13.9. The van der Waals surface area contributed by atoms with E-state index in [9.17, 15) is 9.90 Å². The highest BCUT2D eigenvalue weighted by atomic mass is 35.5. The Labute approximate surface area is 118 Å². The maximum absolute atomic E-state index is 12.1. The number of carbonyl (C=O) groups is 1. The average molecular weight is 283 g/mol. The van der Waals surface area contributed by atoms with Gasteiger partial charge in [-0.05, 0) is 36.6 Å². The number of nitrogens with two attached hydrogens (primary N) is 1. The number of hydrogen-bond acceptors (Lipinski definition) is 3. The highest BCUT2D eigenvalue weighted by Gasteiger charge is 2.33. The van der Waals surface area contributed by atoms with Crippen molar-refractivity contribution in [1.82, 2.24) is 4.90 Å². The molecule has 4 nitrogen and oxygen atoms in total. The summed E-state index contributed by atoms with van der Waals surface area (Å²) < 4.78 is 0. The van der Waals surface area contributed by atoms with Gasteiger partial charge in [0.2, 0.25) is 5.91 Å². The molecule has 2 rings (SSSR count). The van der Waals surface area contributed by atoms with E-state index in [-0.39, 0.29) is 24.5 Å². The van der Waals surface area contributed by atoms with E-state index in [0.29, 0.717) is 31.0 Å². The van der Waals surface area contributed by atoms with E-state index in [2.05, 4.69) is 0 Å². The smallest absolute Gasteiger partial charge is 0.223 e. The molecular formula is C14H19ClN2O2. The maximum atomic E-state index is 12.1. The summed E-state index contributed by atoms with van der Waals surface area (Å²) in [5, 5.41) is 9.90. The Hall–Kier alpha value is -1.10. The molecule has 0 aromatic heterocycles. The van der Waals surface area contributed by atoms with Crippen molar-refractivity contribution in [2.45, 2.75) is 18.9 Å². The van der Waals surface area contributed by atoms with Gasteiger partial charge in [-0.15, -0.1) is 0 Å². The molecule has 5 heteroatoms. The van der Waals surface area contributed by atoms with Crippen molar-refractivity contribution in [2.24, 2.45) is 11.7 Å². The average Bonchev–Trinajstić information content (AvgIpc) is 2.78. The van der Waals surface area contributed by atoms with Gasteiger partial charge in [0.15, 0.2) is 0 Å². The molecule has 2 unspecified atom stereocenters. The van der Waals surface area contributed by atoms with Crippen LogP contribution in [0.2, 0.25) is 5.02 Å². The van der Waals surface area contributed by atoms with Crippen LogP contribution in [-0.2, 0) is 4.79 Å². The molecule has 0 bridgehead atoms.